The number of fused-ring (bicyclic) bond motifs is 1. The summed E-state index contributed by atoms with van der Waals surface area (Å²) >= 11 is 0. The van der Waals surface area contributed by atoms with Crippen LogP contribution in [0.4, 0.5) is 0 Å². The molecule has 0 aliphatic carbocycles. The lowest BCUT2D eigenvalue weighted by molar-refractivity contribution is 0.239. The third-order valence-electron chi connectivity index (χ3n) is 5.98. The fourth-order valence-electron chi connectivity index (χ4n) is 4.36. The first kappa shape index (κ1) is 19.0. The molecule has 3 heterocycles. The van der Waals surface area contributed by atoms with Crippen molar-refractivity contribution in [1.82, 2.24) is 20.4 Å². The smallest absolute Gasteiger partial charge is 0.123 e. The number of methoxy groups -OCH3 is 1. The molecule has 1 unspecified atom stereocenters. The Balaban J connectivity index is 1.53. The first-order chi connectivity index (χ1) is 14.8. The SMILES string of the molecule is COc1cccc(C2=C(CN3CCNCC3)N3C=C(c4ccccc4)C=CC3N2)c1. The molecule has 0 bridgehead atoms. The van der Waals surface area contributed by atoms with Gasteiger partial charge in [-0.05, 0) is 29.3 Å². The normalized spacial score (nSPS) is 21.3. The Morgan fingerprint density at radius 2 is 1.80 bits per heavy atom. The van der Waals surface area contributed by atoms with Gasteiger partial charge in [0, 0.05) is 44.5 Å². The van der Waals surface area contributed by atoms with Crippen LogP contribution in [0.15, 0.2) is 78.6 Å². The number of piperazine rings is 1. The van der Waals surface area contributed by atoms with Crippen LogP contribution in [0.3, 0.4) is 0 Å². The number of allylic oxidation sites excluding steroid dienone is 2. The first-order valence-electron chi connectivity index (χ1n) is 10.6. The molecule has 3 aliphatic heterocycles. The van der Waals surface area contributed by atoms with Crippen molar-refractivity contribution in [3.8, 4) is 5.75 Å². The minimum absolute atomic E-state index is 0.136. The highest BCUT2D eigenvalue weighted by molar-refractivity contribution is 5.78. The number of hydrogen-bond donors (Lipinski definition) is 2. The largest absolute Gasteiger partial charge is 0.497 e. The summed E-state index contributed by atoms with van der Waals surface area (Å²) < 4.78 is 5.48. The van der Waals surface area contributed by atoms with Crippen molar-refractivity contribution < 1.29 is 4.74 Å². The lowest BCUT2D eigenvalue weighted by Crippen LogP contribution is -2.45. The highest BCUT2D eigenvalue weighted by Crippen LogP contribution is 2.34. The maximum atomic E-state index is 5.48. The van der Waals surface area contributed by atoms with Crippen molar-refractivity contribution in [2.45, 2.75) is 6.17 Å². The van der Waals surface area contributed by atoms with Crippen LogP contribution in [0.5, 0.6) is 5.75 Å². The topological polar surface area (TPSA) is 39.8 Å². The van der Waals surface area contributed by atoms with Gasteiger partial charge in [0.1, 0.15) is 11.9 Å². The Morgan fingerprint density at radius 1 is 1.00 bits per heavy atom. The molecule has 154 valence electrons. The van der Waals surface area contributed by atoms with Crippen LogP contribution in [-0.2, 0) is 0 Å². The van der Waals surface area contributed by atoms with Gasteiger partial charge >= 0.3 is 0 Å². The Bertz CT molecular complexity index is 989. The average molecular weight is 401 g/mol. The van der Waals surface area contributed by atoms with Gasteiger partial charge in [0.05, 0.1) is 18.5 Å². The molecule has 1 atom stereocenters. The first-order valence-corrected chi connectivity index (χ1v) is 10.6. The molecule has 2 N–H and O–H groups in total. The second-order valence-corrected chi connectivity index (χ2v) is 7.89. The van der Waals surface area contributed by atoms with E-state index in [0.29, 0.717) is 0 Å². The molecule has 0 radical (unpaired) electrons. The van der Waals surface area contributed by atoms with Crippen LogP contribution < -0.4 is 15.4 Å². The second kappa shape index (κ2) is 8.38. The number of nitrogens with one attached hydrogen (secondary N) is 2. The van der Waals surface area contributed by atoms with Crippen molar-refractivity contribution in [2.24, 2.45) is 0 Å². The Morgan fingerprint density at radius 3 is 2.60 bits per heavy atom. The van der Waals surface area contributed by atoms with E-state index in [0.717, 1.165) is 44.0 Å². The molecule has 3 aliphatic rings. The van der Waals surface area contributed by atoms with Gasteiger partial charge in [0.25, 0.3) is 0 Å². The van der Waals surface area contributed by atoms with Gasteiger partial charge in [-0.2, -0.15) is 0 Å². The standard InChI is InChI=1S/C25H28N4O/c1-30-22-9-5-8-20(16-22)25-23(18-28-14-12-26-13-15-28)29-17-21(10-11-24(29)27-25)19-6-3-2-4-7-19/h2-11,16-17,24,26-27H,12-15,18H2,1H3. The summed E-state index contributed by atoms with van der Waals surface area (Å²) in [5.74, 6) is 0.879. The Labute approximate surface area is 178 Å². The molecule has 1 saturated heterocycles. The Hall–Kier alpha value is -3.02. The van der Waals surface area contributed by atoms with Crippen molar-refractivity contribution in [1.29, 1.82) is 0 Å². The number of hydrogen-bond acceptors (Lipinski definition) is 5. The monoisotopic (exact) mass is 400 g/mol. The summed E-state index contributed by atoms with van der Waals surface area (Å²) in [5.41, 5.74) is 6.14. The molecule has 30 heavy (non-hydrogen) atoms. The maximum Gasteiger partial charge on any atom is 0.123 e. The highest BCUT2D eigenvalue weighted by Gasteiger charge is 2.32. The molecule has 0 amide bonds. The molecular formula is C25H28N4O. The van der Waals surface area contributed by atoms with E-state index in [1.807, 2.05) is 6.07 Å². The van der Waals surface area contributed by atoms with E-state index in [1.54, 1.807) is 7.11 Å². The van der Waals surface area contributed by atoms with E-state index in [1.165, 1.54) is 22.5 Å². The van der Waals surface area contributed by atoms with Gasteiger partial charge in [0.15, 0.2) is 0 Å². The number of ether oxygens (including phenoxy) is 1. The van der Waals surface area contributed by atoms with Gasteiger partial charge in [0.2, 0.25) is 0 Å². The minimum atomic E-state index is 0.136. The maximum absolute atomic E-state index is 5.48. The van der Waals surface area contributed by atoms with Crippen molar-refractivity contribution in [3.63, 3.8) is 0 Å². The fourth-order valence-corrected chi connectivity index (χ4v) is 4.36. The molecule has 0 aromatic heterocycles. The predicted molar refractivity (Wildman–Crippen MR) is 122 cm³/mol. The Kier molecular flexibility index (Phi) is 5.30. The quantitative estimate of drug-likeness (QED) is 0.807. The molecule has 0 saturated carbocycles. The summed E-state index contributed by atoms with van der Waals surface area (Å²) in [7, 11) is 1.72. The number of nitrogens with zero attached hydrogens (tertiary/aromatic N) is 2. The molecular weight excluding hydrogens is 372 g/mol. The summed E-state index contributed by atoms with van der Waals surface area (Å²) in [6, 6.07) is 18.9. The van der Waals surface area contributed by atoms with Crippen molar-refractivity contribution >= 4 is 11.3 Å². The molecule has 1 fully saturated rings. The molecule has 2 aromatic rings. The summed E-state index contributed by atoms with van der Waals surface area (Å²) in [5, 5.41) is 7.20. The average Bonchev–Trinajstić information content (AvgIpc) is 3.18. The zero-order valence-corrected chi connectivity index (χ0v) is 17.3. The van der Waals surface area contributed by atoms with Crippen LogP contribution in [0.2, 0.25) is 0 Å². The minimum Gasteiger partial charge on any atom is -0.497 e. The van der Waals surface area contributed by atoms with Gasteiger partial charge in [-0.25, -0.2) is 0 Å². The van der Waals surface area contributed by atoms with Gasteiger partial charge in [-0.3, -0.25) is 4.90 Å². The third kappa shape index (κ3) is 3.74. The van der Waals surface area contributed by atoms with E-state index >= 15 is 0 Å². The number of benzene rings is 2. The zero-order chi connectivity index (χ0) is 20.3. The van der Waals surface area contributed by atoms with Crippen molar-refractivity contribution in [2.75, 3.05) is 39.8 Å². The lowest BCUT2D eigenvalue weighted by Gasteiger charge is -2.32. The van der Waals surface area contributed by atoms with E-state index in [9.17, 15) is 0 Å². The van der Waals surface area contributed by atoms with Crippen molar-refractivity contribution in [3.05, 3.63) is 89.8 Å². The summed E-state index contributed by atoms with van der Waals surface area (Å²) in [6.07, 6.45) is 6.90. The highest BCUT2D eigenvalue weighted by atomic mass is 16.5. The van der Waals surface area contributed by atoms with Crippen LogP contribution >= 0.6 is 0 Å². The number of rotatable bonds is 5. The third-order valence-corrected chi connectivity index (χ3v) is 5.98. The van der Waals surface area contributed by atoms with E-state index in [4.69, 9.17) is 4.74 Å². The molecule has 2 aromatic carbocycles. The van der Waals surface area contributed by atoms with E-state index in [2.05, 4.69) is 87.3 Å². The predicted octanol–water partition coefficient (Wildman–Crippen LogP) is 3.11. The van der Waals surface area contributed by atoms with Crippen LogP contribution in [0, 0.1) is 0 Å². The summed E-state index contributed by atoms with van der Waals surface area (Å²) in [6.45, 7) is 5.15. The second-order valence-electron chi connectivity index (χ2n) is 7.89. The molecule has 5 rings (SSSR count). The van der Waals surface area contributed by atoms with Crippen LogP contribution in [0.1, 0.15) is 11.1 Å². The summed E-state index contributed by atoms with van der Waals surface area (Å²) in [4.78, 5) is 4.93. The van der Waals surface area contributed by atoms with Crippen LogP contribution in [-0.4, -0.2) is 55.8 Å². The fraction of sp³-hybridized carbons (Fsp3) is 0.280. The molecule has 0 spiro atoms. The molecule has 5 heteroatoms. The molecule has 5 nitrogen and oxygen atoms in total. The van der Waals surface area contributed by atoms with Gasteiger partial charge in [-0.15, -0.1) is 0 Å². The van der Waals surface area contributed by atoms with E-state index < -0.39 is 0 Å². The van der Waals surface area contributed by atoms with Gasteiger partial charge in [-0.1, -0.05) is 48.5 Å². The van der Waals surface area contributed by atoms with E-state index in [-0.39, 0.29) is 6.17 Å². The lowest BCUT2D eigenvalue weighted by atomic mass is 10.0. The zero-order valence-electron chi connectivity index (χ0n) is 17.3. The van der Waals surface area contributed by atoms with Gasteiger partial charge < -0.3 is 20.3 Å². The van der Waals surface area contributed by atoms with Crippen LogP contribution in [0.25, 0.3) is 11.3 Å².